The Hall–Kier alpha value is -1.98. The number of hydroxylamine groups is 1. The van der Waals surface area contributed by atoms with Gasteiger partial charge in [0, 0.05) is 0 Å². The smallest absolute Gasteiger partial charge is 0.440 e. The van der Waals surface area contributed by atoms with Gasteiger partial charge in [-0.15, -0.1) is 5.06 Å². The lowest BCUT2D eigenvalue weighted by atomic mass is 10.3. The van der Waals surface area contributed by atoms with Crippen LogP contribution < -0.4 is 5.06 Å². The van der Waals surface area contributed by atoms with Crippen LogP contribution in [0.3, 0.4) is 0 Å². The summed E-state index contributed by atoms with van der Waals surface area (Å²) in [6, 6.07) is 5.04. The zero-order chi connectivity index (χ0) is 18.6. The third kappa shape index (κ3) is 3.83. The fourth-order valence-corrected chi connectivity index (χ4v) is 2.59. The summed E-state index contributed by atoms with van der Waals surface area (Å²) in [5.74, 6) is 0.0445. The van der Waals surface area contributed by atoms with E-state index in [-0.39, 0.29) is 39.7 Å². The monoisotopic (exact) mass is 402 g/mol. The molecule has 10 heteroatoms. The highest BCUT2D eigenvalue weighted by Gasteiger charge is 2.28. The summed E-state index contributed by atoms with van der Waals surface area (Å²) in [7, 11) is 0. The molecule has 0 radical (unpaired) electrons. The van der Waals surface area contributed by atoms with Gasteiger partial charge in [0.1, 0.15) is 11.6 Å². The van der Waals surface area contributed by atoms with Gasteiger partial charge in [0.15, 0.2) is 5.82 Å². The first kappa shape index (κ1) is 19.3. The third-order valence-electron chi connectivity index (χ3n) is 2.99. The minimum atomic E-state index is -0.793. The lowest BCUT2D eigenvalue weighted by molar-refractivity contribution is 0.0815. The predicted octanol–water partition coefficient (Wildman–Crippen LogP) is 4.62. The van der Waals surface area contributed by atoms with Gasteiger partial charge in [0.2, 0.25) is 0 Å². The van der Waals surface area contributed by atoms with E-state index in [1.165, 1.54) is 16.9 Å². The van der Waals surface area contributed by atoms with Gasteiger partial charge in [0.05, 0.1) is 40.2 Å². The molecule has 7 nitrogen and oxygen atoms in total. The highest BCUT2D eigenvalue weighted by atomic mass is 35.5. The van der Waals surface area contributed by atoms with Crippen LogP contribution in [0.4, 0.5) is 10.6 Å². The highest BCUT2D eigenvalue weighted by molar-refractivity contribution is 6.48. The van der Waals surface area contributed by atoms with E-state index in [1.807, 2.05) is 6.07 Å². The van der Waals surface area contributed by atoms with Crippen molar-refractivity contribution >= 4 is 46.7 Å². The minimum Gasteiger partial charge on any atom is -0.448 e. The molecule has 0 spiro atoms. The SMILES string of the molecule is CCOC(=O)N(OCC)c1c(C#N)cnn1-c1ccc(Cl)c(Cl)c1Cl. The summed E-state index contributed by atoms with van der Waals surface area (Å²) in [5.41, 5.74) is 0.408. The summed E-state index contributed by atoms with van der Waals surface area (Å²) in [6.07, 6.45) is 0.484. The number of benzene rings is 1. The van der Waals surface area contributed by atoms with E-state index in [1.54, 1.807) is 19.9 Å². The molecule has 0 bridgehead atoms. The van der Waals surface area contributed by atoms with Gasteiger partial charge < -0.3 is 4.74 Å². The number of carbonyl (C=O) groups is 1. The van der Waals surface area contributed by atoms with E-state index in [9.17, 15) is 10.1 Å². The zero-order valence-corrected chi connectivity index (χ0v) is 15.6. The Kier molecular flexibility index (Phi) is 6.51. The summed E-state index contributed by atoms with van der Waals surface area (Å²) < 4.78 is 6.23. The standard InChI is InChI=1S/C15H13Cl3N4O3/c1-3-24-15(23)22(25-4-2)14-9(7-19)8-20-21(14)11-6-5-10(16)12(17)13(11)18/h5-6,8H,3-4H2,1-2H3. The van der Waals surface area contributed by atoms with Crippen LogP contribution in [-0.4, -0.2) is 29.1 Å². The van der Waals surface area contributed by atoms with E-state index < -0.39 is 6.09 Å². The molecule has 0 N–H and O–H groups in total. The van der Waals surface area contributed by atoms with Crippen LogP contribution >= 0.6 is 34.8 Å². The number of halogens is 3. The van der Waals surface area contributed by atoms with Gasteiger partial charge in [-0.25, -0.2) is 9.48 Å². The first-order valence-electron chi connectivity index (χ1n) is 7.17. The van der Waals surface area contributed by atoms with Gasteiger partial charge in [-0.2, -0.15) is 10.4 Å². The molecule has 2 rings (SSSR count). The number of hydrogen-bond donors (Lipinski definition) is 0. The van der Waals surface area contributed by atoms with E-state index in [4.69, 9.17) is 44.4 Å². The van der Waals surface area contributed by atoms with Crippen molar-refractivity contribution in [1.82, 2.24) is 9.78 Å². The van der Waals surface area contributed by atoms with Crippen molar-refractivity contribution in [1.29, 1.82) is 5.26 Å². The third-order valence-corrected chi connectivity index (χ3v) is 4.28. The van der Waals surface area contributed by atoms with Crippen molar-refractivity contribution in [2.24, 2.45) is 0 Å². The first-order chi connectivity index (χ1) is 12.0. The molecule has 0 aliphatic heterocycles. The van der Waals surface area contributed by atoms with Crippen molar-refractivity contribution in [2.75, 3.05) is 18.3 Å². The Morgan fingerprint density at radius 2 is 2.00 bits per heavy atom. The zero-order valence-electron chi connectivity index (χ0n) is 13.3. The minimum absolute atomic E-state index is 0.0445. The maximum absolute atomic E-state index is 12.2. The highest BCUT2D eigenvalue weighted by Crippen LogP contribution is 2.36. The number of ether oxygens (including phenoxy) is 1. The quantitative estimate of drug-likeness (QED) is 0.537. The molecule has 1 amide bonds. The lowest BCUT2D eigenvalue weighted by Crippen LogP contribution is -2.34. The fourth-order valence-electron chi connectivity index (χ4n) is 1.98. The molecule has 0 fully saturated rings. The van der Waals surface area contributed by atoms with Crippen molar-refractivity contribution in [3.63, 3.8) is 0 Å². The summed E-state index contributed by atoms with van der Waals surface area (Å²) in [6.45, 7) is 3.63. The van der Waals surface area contributed by atoms with Crippen LogP contribution in [0.25, 0.3) is 5.69 Å². The van der Waals surface area contributed by atoms with Crippen LogP contribution in [0.1, 0.15) is 19.4 Å². The molecule has 0 aliphatic carbocycles. The second-order valence-corrected chi connectivity index (χ2v) is 5.67. The largest absolute Gasteiger partial charge is 0.448 e. The van der Waals surface area contributed by atoms with Gasteiger partial charge in [0.25, 0.3) is 0 Å². The molecule has 132 valence electrons. The summed E-state index contributed by atoms with van der Waals surface area (Å²) in [5, 5.41) is 14.8. The molecular formula is C15H13Cl3N4O3. The molecule has 2 aromatic rings. The van der Waals surface area contributed by atoms with Crippen molar-refractivity contribution in [3.8, 4) is 11.8 Å². The number of aromatic nitrogens is 2. The molecule has 0 saturated heterocycles. The number of amides is 1. The number of carbonyl (C=O) groups excluding carboxylic acids is 1. The molecule has 1 aromatic heterocycles. The Morgan fingerprint density at radius 1 is 1.28 bits per heavy atom. The molecule has 25 heavy (non-hydrogen) atoms. The molecule has 0 aliphatic rings. The summed E-state index contributed by atoms with van der Waals surface area (Å²) >= 11 is 18.3. The Balaban J connectivity index is 2.66. The second kappa shape index (κ2) is 8.41. The normalized spacial score (nSPS) is 10.4. The number of nitrogens with zero attached hydrogens (tertiary/aromatic N) is 4. The van der Waals surface area contributed by atoms with E-state index in [2.05, 4.69) is 5.10 Å². The van der Waals surface area contributed by atoms with Crippen molar-refractivity contribution in [2.45, 2.75) is 13.8 Å². The number of rotatable bonds is 5. The van der Waals surface area contributed by atoms with Gasteiger partial charge >= 0.3 is 6.09 Å². The van der Waals surface area contributed by atoms with Crippen LogP contribution in [-0.2, 0) is 9.57 Å². The Morgan fingerprint density at radius 3 is 2.60 bits per heavy atom. The predicted molar refractivity (Wildman–Crippen MR) is 94.4 cm³/mol. The van der Waals surface area contributed by atoms with Crippen LogP contribution in [0.5, 0.6) is 0 Å². The molecule has 1 heterocycles. The van der Waals surface area contributed by atoms with Crippen molar-refractivity contribution in [3.05, 3.63) is 39.0 Å². The van der Waals surface area contributed by atoms with E-state index >= 15 is 0 Å². The maximum Gasteiger partial charge on any atom is 0.440 e. The number of anilines is 1. The molecule has 0 atom stereocenters. The maximum atomic E-state index is 12.2. The molecular weight excluding hydrogens is 391 g/mol. The second-order valence-electron chi connectivity index (χ2n) is 4.51. The fraction of sp³-hybridized carbons (Fsp3) is 0.267. The topological polar surface area (TPSA) is 80.4 Å². The average molecular weight is 404 g/mol. The first-order valence-corrected chi connectivity index (χ1v) is 8.31. The van der Waals surface area contributed by atoms with Gasteiger partial charge in [-0.05, 0) is 26.0 Å². The Labute approximate surface area is 159 Å². The van der Waals surface area contributed by atoms with Crippen LogP contribution in [0, 0.1) is 11.3 Å². The Bertz CT molecular complexity index is 832. The molecule has 0 saturated carbocycles. The van der Waals surface area contributed by atoms with Crippen molar-refractivity contribution < 1.29 is 14.4 Å². The number of hydrogen-bond acceptors (Lipinski definition) is 5. The van der Waals surface area contributed by atoms with Crippen LogP contribution in [0.15, 0.2) is 18.3 Å². The van der Waals surface area contributed by atoms with Gasteiger partial charge in [-0.3, -0.25) is 4.84 Å². The number of nitriles is 1. The van der Waals surface area contributed by atoms with E-state index in [0.717, 1.165) is 5.06 Å². The van der Waals surface area contributed by atoms with E-state index in [0.29, 0.717) is 5.69 Å². The molecule has 0 unspecified atom stereocenters. The summed E-state index contributed by atoms with van der Waals surface area (Å²) in [4.78, 5) is 17.6. The lowest BCUT2D eigenvalue weighted by Gasteiger charge is -2.21. The molecule has 1 aromatic carbocycles. The van der Waals surface area contributed by atoms with Gasteiger partial charge in [-0.1, -0.05) is 34.8 Å². The average Bonchev–Trinajstić information content (AvgIpc) is 3.01. The van der Waals surface area contributed by atoms with Crippen LogP contribution in [0.2, 0.25) is 15.1 Å².